The molecule has 1 heterocycles. The molecule has 0 radical (unpaired) electrons. The van der Waals surface area contributed by atoms with Crippen LogP contribution in [0.2, 0.25) is 0 Å². The number of aliphatic hydroxyl groups is 1. The van der Waals surface area contributed by atoms with Gasteiger partial charge in [0.15, 0.2) is 5.78 Å². The van der Waals surface area contributed by atoms with E-state index in [4.69, 9.17) is 9.84 Å². The lowest BCUT2D eigenvalue weighted by Gasteiger charge is -2.20. The summed E-state index contributed by atoms with van der Waals surface area (Å²) in [6.07, 6.45) is 1.61. The Labute approximate surface area is 91.2 Å². The molecule has 0 bridgehead atoms. The molecule has 1 N–H and O–H groups in total. The molecule has 0 saturated carbocycles. The number of carbonyl (C=O) groups excluding carboxylic acids is 1. The number of Topliss-reactive ketones (excluding diaryl/α,β-unsaturated/α-hetero) is 1. The van der Waals surface area contributed by atoms with Crippen LogP contribution in [-0.4, -0.2) is 55.2 Å². The molecule has 0 aliphatic carbocycles. The molecule has 4 nitrogen and oxygen atoms in total. The van der Waals surface area contributed by atoms with E-state index in [0.717, 1.165) is 32.5 Å². The maximum atomic E-state index is 11.8. The summed E-state index contributed by atoms with van der Waals surface area (Å²) in [5.74, 6) is 0.389. The van der Waals surface area contributed by atoms with E-state index in [9.17, 15) is 4.79 Å². The first-order chi connectivity index (χ1) is 7.27. The summed E-state index contributed by atoms with van der Waals surface area (Å²) in [6.45, 7) is 5.71. The predicted octanol–water partition coefficient (Wildman–Crippen LogP) is 0.296. The maximum Gasteiger partial charge on any atom is 0.152 e. The lowest BCUT2D eigenvalue weighted by Crippen LogP contribution is -2.34. The van der Waals surface area contributed by atoms with Crippen LogP contribution in [0.5, 0.6) is 0 Å². The van der Waals surface area contributed by atoms with Gasteiger partial charge in [-0.1, -0.05) is 6.92 Å². The average Bonchev–Trinajstić information content (AvgIpc) is 2.77. The minimum absolute atomic E-state index is 0.105. The number of hydrogen-bond acceptors (Lipinski definition) is 4. The molecule has 1 rings (SSSR count). The summed E-state index contributed by atoms with van der Waals surface area (Å²) in [5, 5.41) is 8.72. The molecule has 1 aliphatic rings. The fourth-order valence-electron chi connectivity index (χ4n) is 1.78. The first-order valence-corrected chi connectivity index (χ1v) is 5.71. The third kappa shape index (κ3) is 4.28. The summed E-state index contributed by atoms with van der Waals surface area (Å²) in [5.41, 5.74) is 0. The molecule has 0 aromatic heterocycles. The van der Waals surface area contributed by atoms with E-state index in [1.165, 1.54) is 0 Å². The summed E-state index contributed by atoms with van der Waals surface area (Å²) in [6, 6.07) is 0. The number of likely N-dealkylation sites (N-methyl/N-ethyl adjacent to an activating group) is 1. The summed E-state index contributed by atoms with van der Waals surface area (Å²) >= 11 is 0. The standard InChI is InChI=1S/C11H21NO3/c1-2-12(5-3-6-13)8-11(14)10-4-7-15-9-10/h10,13H,2-9H2,1H3. The van der Waals surface area contributed by atoms with E-state index in [2.05, 4.69) is 4.90 Å². The van der Waals surface area contributed by atoms with Crippen LogP contribution in [0.15, 0.2) is 0 Å². The second-order valence-electron chi connectivity index (χ2n) is 3.97. The van der Waals surface area contributed by atoms with E-state index >= 15 is 0 Å². The van der Waals surface area contributed by atoms with Crippen molar-refractivity contribution >= 4 is 5.78 Å². The molecule has 1 unspecified atom stereocenters. The molecule has 1 atom stereocenters. The Balaban J connectivity index is 2.26. The highest BCUT2D eigenvalue weighted by atomic mass is 16.5. The summed E-state index contributed by atoms with van der Waals surface area (Å²) in [7, 11) is 0. The number of ether oxygens (including phenoxy) is 1. The van der Waals surface area contributed by atoms with Gasteiger partial charge in [0, 0.05) is 25.7 Å². The van der Waals surface area contributed by atoms with Crippen molar-refractivity contribution in [2.24, 2.45) is 5.92 Å². The van der Waals surface area contributed by atoms with Crippen molar-refractivity contribution in [3.8, 4) is 0 Å². The molecule has 1 fully saturated rings. The molecule has 0 aromatic rings. The Morgan fingerprint density at radius 1 is 1.60 bits per heavy atom. The number of ketones is 1. The number of aliphatic hydroxyl groups excluding tert-OH is 1. The lowest BCUT2D eigenvalue weighted by atomic mass is 10.0. The van der Waals surface area contributed by atoms with Gasteiger partial charge in [0.2, 0.25) is 0 Å². The molecule has 4 heteroatoms. The van der Waals surface area contributed by atoms with Crippen LogP contribution in [-0.2, 0) is 9.53 Å². The molecular formula is C11H21NO3. The fourth-order valence-corrected chi connectivity index (χ4v) is 1.78. The van der Waals surface area contributed by atoms with Gasteiger partial charge in [-0.05, 0) is 19.4 Å². The molecule has 1 saturated heterocycles. The highest BCUT2D eigenvalue weighted by molar-refractivity contribution is 5.83. The van der Waals surface area contributed by atoms with Gasteiger partial charge in [0.1, 0.15) is 0 Å². The number of carbonyl (C=O) groups is 1. The van der Waals surface area contributed by atoms with E-state index < -0.39 is 0 Å². The van der Waals surface area contributed by atoms with Gasteiger partial charge in [-0.2, -0.15) is 0 Å². The number of hydrogen-bond donors (Lipinski definition) is 1. The Morgan fingerprint density at radius 3 is 2.93 bits per heavy atom. The van der Waals surface area contributed by atoms with Crippen molar-refractivity contribution in [2.45, 2.75) is 19.8 Å². The van der Waals surface area contributed by atoms with Gasteiger partial charge in [0.05, 0.1) is 13.2 Å². The quantitative estimate of drug-likeness (QED) is 0.663. The van der Waals surface area contributed by atoms with E-state index in [-0.39, 0.29) is 18.3 Å². The van der Waals surface area contributed by atoms with Crippen molar-refractivity contribution < 1.29 is 14.6 Å². The molecule has 0 spiro atoms. The Kier molecular flexibility index (Phi) is 5.83. The Morgan fingerprint density at radius 2 is 2.40 bits per heavy atom. The summed E-state index contributed by atoms with van der Waals surface area (Å²) < 4.78 is 5.20. The van der Waals surface area contributed by atoms with Gasteiger partial charge >= 0.3 is 0 Å². The van der Waals surface area contributed by atoms with Gasteiger partial charge in [-0.25, -0.2) is 0 Å². The molecule has 88 valence electrons. The third-order valence-electron chi connectivity index (χ3n) is 2.84. The van der Waals surface area contributed by atoms with Crippen molar-refractivity contribution in [1.82, 2.24) is 4.90 Å². The molecule has 0 amide bonds. The second-order valence-corrected chi connectivity index (χ2v) is 3.97. The van der Waals surface area contributed by atoms with Gasteiger partial charge in [-0.3, -0.25) is 9.69 Å². The van der Waals surface area contributed by atoms with E-state index in [1.54, 1.807) is 0 Å². The highest BCUT2D eigenvalue weighted by Crippen LogP contribution is 2.13. The smallest absolute Gasteiger partial charge is 0.152 e. The van der Waals surface area contributed by atoms with Gasteiger partial charge < -0.3 is 9.84 Å². The zero-order chi connectivity index (χ0) is 11.1. The zero-order valence-electron chi connectivity index (χ0n) is 9.45. The van der Waals surface area contributed by atoms with Gasteiger partial charge in [-0.15, -0.1) is 0 Å². The second kappa shape index (κ2) is 6.93. The number of nitrogens with zero attached hydrogens (tertiary/aromatic N) is 1. The highest BCUT2D eigenvalue weighted by Gasteiger charge is 2.24. The lowest BCUT2D eigenvalue weighted by molar-refractivity contribution is -0.124. The largest absolute Gasteiger partial charge is 0.396 e. The van der Waals surface area contributed by atoms with Crippen LogP contribution < -0.4 is 0 Å². The normalized spacial score (nSPS) is 21.1. The third-order valence-corrected chi connectivity index (χ3v) is 2.84. The Bertz CT molecular complexity index is 190. The van der Waals surface area contributed by atoms with E-state index in [1.807, 2.05) is 6.92 Å². The topological polar surface area (TPSA) is 49.8 Å². The van der Waals surface area contributed by atoms with Gasteiger partial charge in [0.25, 0.3) is 0 Å². The average molecular weight is 215 g/mol. The van der Waals surface area contributed by atoms with Crippen LogP contribution in [0.3, 0.4) is 0 Å². The van der Waals surface area contributed by atoms with Crippen LogP contribution in [0, 0.1) is 5.92 Å². The minimum atomic E-state index is 0.105. The number of rotatable bonds is 7. The van der Waals surface area contributed by atoms with Crippen molar-refractivity contribution in [3.05, 3.63) is 0 Å². The molecule has 0 aromatic carbocycles. The zero-order valence-corrected chi connectivity index (χ0v) is 9.45. The monoisotopic (exact) mass is 215 g/mol. The molecular weight excluding hydrogens is 194 g/mol. The summed E-state index contributed by atoms with van der Waals surface area (Å²) in [4.78, 5) is 13.9. The van der Waals surface area contributed by atoms with Crippen molar-refractivity contribution in [1.29, 1.82) is 0 Å². The maximum absolute atomic E-state index is 11.8. The van der Waals surface area contributed by atoms with Crippen LogP contribution >= 0.6 is 0 Å². The SMILES string of the molecule is CCN(CCCO)CC(=O)C1CCOC1. The van der Waals surface area contributed by atoms with Crippen LogP contribution in [0.1, 0.15) is 19.8 Å². The predicted molar refractivity (Wildman–Crippen MR) is 57.7 cm³/mol. The van der Waals surface area contributed by atoms with Crippen LogP contribution in [0.4, 0.5) is 0 Å². The first-order valence-electron chi connectivity index (χ1n) is 5.71. The molecule has 15 heavy (non-hydrogen) atoms. The van der Waals surface area contributed by atoms with E-state index in [0.29, 0.717) is 13.2 Å². The van der Waals surface area contributed by atoms with Crippen molar-refractivity contribution in [2.75, 3.05) is 39.5 Å². The first kappa shape index (κ1) is 12.6. The Hall–Kier alpha value is -0.450. The van der Waals surface area contributed by atoms with Crippen LogP contribution in [0.25, 0.3) is 0 Å². The van der Waals surface area contributed by atoms with Crippen molar-refractivity contribution in [3.63, 3.8) is 0 Å². The fraction of sp³-hybridized carbons (Fsp3) is 0.909. The molecule has 1 aliphatic heterocycles. The minimum Gasteiger partial charge on any atom is -0.396 e.